The number of rotatable bonds is 3. The minimum Gasteiger partial charge on any atom is -0.298 e. The van der Waals surface area contributed by atoms with Crippen LogP contribution in [0.4, 0.5) is 0 Å². The zero-order valence-corrected chi connectivity index (χ0v) is 10.1. The predicted octanol–water partition coefficient (Wildman–Crippen LogP) is 2.83. The molecule has 2 rings (SSSR count). The number of nitrogens with zero attached hydrogens (tertiary/aromatic N) is 1. The van der Waals surface area contributed by atoms with Gasteiger partial charge in [0, 0.05) is 11.1 Å². The number of hydrogen-bond acceptors (Lipinski definition) is 2. The van der Waals surface area contributed by atoms with Crippen LogP contribution in [0.3, 0.4) is 0 Å². The molecule has 86 valence electrons. The number of aldehydes is 1. The molecule has 0 unspecified atom stereocenters. The Bertz CT molecular complexity index is 361. The largest absolute Gasteiger partial charge is 0.298 e. The number of carbonyl (C=O) groups is 1. The molecule has 16 heavy (non-hydrogen) atoms. The van der Waals surface area contributed by atoms with Gasteiger partial charge in [0.05, 0.1) is 0 Å². The Labute approximate surface area is 97.3 Å². The summed E-state index contributed by atoms with van der Waals surface area (Å²) in [6, 6.07) is 7.95. The van der Waals surface area contributed by atoms with Crippen molar-refractivity contribution in [3.63, 3.8) is 0 Å². The summed E-state index contributed by atoms with van der Waals surface area (Å²) < 4.78 is 0. The lowest BCUT2D eigenvalue weighted by Crippen LogP contribution is -2.39. The van der Waals surface area contributed by atoms with Crippen molar-refractivity contribution in [1.29, 1.82) is 0 Å². The number of benzene rings is 1. The quantitative estimate of drug-likeness (QED) is 0.726. The second-order valence-electron chi connectivity index (χ2n) is 4.99. The lowest BCUT2D eigenvalue weighted by Gasteiger charge is -2.36. The average molecular weight is 217 g/mol. The van der Waals surface area contributed by atoms with Crippen LogP contribution in [-0.4, -0.2) is 24.3 Å². The molecule has 1 aromatic rings. The molecule has 2 heteroatoms. The second-order valence-corrected chi connectivity index (χ2v) is 4.99. The molecule has 1 aliphatic rings. The van der Waals surface area contributed by atoms with E-state index in [9.17, 15) is 4.79 Å². The van der Waals surface area contributed by atoms with E-state index in [4.69, 9.17) is 0 Å². The van der Waals surface area contributed by atoms with Gasteiger partial charge in [-0.15, -0.1) is 0 Å². The van der Waals surface area contributed by atoms with Gasteiger partial charge in [0.15, 0.2) is 0 Å². The summed E-state index contributed by atoms with van der Waals surface area (Å²) in [7, 11) is 0. The smallest absolute Gasteiger partial charge is 0.150 e. The summed E-state index contributed by atoms with van der Waals surface area (Å²) in [4.78, 5) is 13.1. The van der Waals surface area contributed by atoms with Crippen LogP contribution in [0.25, 0.3) is 0 Å². The molecule has 0 saturated carbocycles. The first-order valence-corrected chi connectivity index (χ1v) is 5.95. The Morgan fingerprint density at radius 1 is 1.12 bits per heavy atom. The fraction of sp³-hybridized carbons (Fsp3) is 0.500. The molecule has 0 bridgehead atoms. The SMILES string of the molecule is CC(C)(c1ccc(C=O)cc1)N1CCCC1. The first kappa shape index (κ1) is 11.3. The molecule has 0 aliphatic carbocycles. The first-order valence-electron chi connectivity index (χ1n) is 5.95. The van der Waals surface area contributed by atoms with Gasteiger partial charge in [-0.2, -0.15) is 0 Å². The molecule has 0 radical (unpaired) electrons. The van der Waals surface area contributed by atoms with Gasteiger partial charge in [0.2, 0.25) is 0 Å². The summed E-state index contributed by atoms with van der Waals surface area (Å²) in [5, 5.41) is 0. The first-order chi connectivity index (χ1) is 7.64. The standard InChI is InChI=1S/C14H19NO/c1-14(2,15-9-3-4-10-15)13-7-5-12(11-16)6-8-13/h5-8,11H,3-4,9-10H2,1-2H3. The minimum atomic E-state index is 0.0813. The van der Waals surface area contributed by atoms with Gasteiger partial charge in [-0.1, -0.05) is 24.3 Å². The molecule has 1 heterocycles. The van der Waals surface area contributed by atoms with E-state index in [-0.39, 0.29) is 5.54 Å². The summed E-state index contributed by atoms with van der Waals surface area (Å²) in [6.07, 6.45) is 3.50. The van der Waals surface area contributed by atoms with Crippen LogP contribution in [0.1, 0.15) is 42.6 Å². The Hall–Kier alpha value is -1.15. The highest BCUT2D eigenvalue weighted by molar-refractivity contribution is 5.74. The van der Waals surface area contributed by atoms with Crippen LogP contribution >= 0.6 is 0 Å². The van der Waals surface area contributed by atoms with Crippen LogP contribution in [0.2, 0.25) is 0 Å². The van der Waals surface area contributed by atoms with Crippen molar-refractivity contribution in [3.05, 3.63) is 35.4 Å². The van der Waals surface area contributed by atoms with E-state index in [1.54, 1.807) is 0 Å². The monoisotopic (exact) mass is 217 g/mol. The summed E-state index contributed by atoms with van der Waals surface area (Å²) in [6.45, 7) is 6.88. The van der Waals surface area contributed by atoms with Crippen molar-refractivity contribution in [3.8, 4) is 0 Å². The normalized spacial score (nSPS) is 17.6. The number of likely N-dealkylation sites (tertiary alicyclic amines) is 1. The van der Waals surface area contributed by atoms with Gasteiger partial charge in [0.25, 0.3) is 0 Å². The Morgan fingerprint density at radius 3 is 2.19 bits per heavy atom. The van der Waals surface area contributed by atoms with Gasteiger partial charge in [-0.25, -0.2) is 0 Å². The molecular weight excluding hydrogens is 198 g/mol. The lowest BCUT2D eigenvalue weighted by atomic mass is 9.92. The van der Waals surface area contributed by atoms with Gasteiger partial charge in [0.1, 0.15) is 6.29 Å². The highest BCUT2D eigenvalue weighted by Crippen LogP contribution is 2.30. The Balaban J connectivity index is 2.23. The van der Waals surface area contributed by atoms with Crippen molar-refractivity contribution >= 4 is 6.29 Å². The molecule has 1 saturated heterocycles. The molecule has 0 N–H and O–H groups in total. The van der Waals surface area contributed by atoms with Crippen molar-refractivity contribution in [2.75, 3.05) is 13.1 Å². The van der Waals surface area contributed by atoms with E-state index in [1.165, 1.54) is 31.5 Å². The summed E-state index contributed by atoms with van der Waals surface area (Å²) >= 11 is 0. The van der Waals surface area contributed by atoms with Gasteiger partial charge >= 0.3 is 0 Å². The van der Waals surface area contributed by atoms with Crippen LogP contribution < -0.4 is 0 Å². The number of hydrogen-bond donors (Lipinski definition) is 0. The molecule has 1 aliphatic heterocycles. The topological polar surface area (TPSA) is 20.3 Å². The van der Waals surface area contributed by atoms with E-state index in [0.717, 1.165) is 11.8 Å². The fourth-order valence-corrected chi connectivity index (χ4v) is 2.43. The van der Waals surface area contributed by atoms with E-state index in [1.807, 2.05) is 12.1 Å². The minimum absolute atomic E-state index is 0.0813. The van der Waals surface area contributed by atoms with Gasteiger partial charge in [-0.05, 0) is 45.3 Å². The molecule has 1 aromatic carbocycles. The molecular formula is C14H19NO. The van der Waals surface area contributed by atoms with Crippen LogP contribution in [0, 0.1) is 0 Å². The molecule has 1 fully saturated rings. The van der Waals surface area contributed by atoms with E-state index in [2.05, 4.69) is 30.9 Å². The maximum Gasteiger partial charge on any atom is 0.150 e. The third kappa shape index (κ3) is 2.03. The third-order valence-corrected chi connectivity index (χ3v) is 3.65. The maximum atomic E-state index is 10.6. The zero-order chi connectivity index (χ0) is 11.6. The van der Waals surface area contributed by atoms with Gasteiger partial charge in [-0.3, -0.25) is 9.69 Å². The predicted molar refractivity (Wildman–Crippen MR) is 65.7 cm³/mol. The van der Waals surface area contributed by atoms with Crippen molar-refractivity contribution in [2.24, 2.45) is 0 Å². The number of carbonyl (C=O) groups excluding carboxylic acids is 1. The second kappa shape index (κ2) is 4.38. The molecule has 0 aromatic heterocycles. The van der Waals surface area contributed by atoms with Crippen LogP contribution in [0.15, 0.2) is 24.3 Å². The Morgan fingerprint density at radius 2 is 1.69 bits per heavy atom. The Kier molecular flexibility index (Phi) is 3.10. The molecule has 0 atom stereocenters. The van der Waals surface area contributed by atoms with E-state index >= 15 is 0 Å². The highest BCUT2D eigenvalue weighted by Gasteiger charge is 2.30. The average Bonchev–Trinajstić information content (AvgIpc) is 2.83. The van der Waals surface area contributed by atoms with Crippen molar-refractivity contribution in [1.82, 2.24) is 4.90 Å². The highest BCUT2D eigenvalue weighted by atomic mass is 16.1. The fourth-order valence-electron chi connectivity index (χ4n) is 2.43. The van der Waals surface area contributed by atoms with Crippen LogP contribution in [0.5, 0.6) is 0 Å². The molecule has 0 amide bonds. The zero-order valence-electron chi connectivity index (χ0n) is 10.1. The van der Waals surface area contributed by atoms with E-state index < -0.39 is 0 Å². The van der Waals surface area contributed by atoms with Crippen molar-refractivity contribution in [2.45, 2.75) is 32.2 Å². The summed E-state index contributed by atoms with van der Waals surface area (Å²) in [5.41, 5.74) is 2.12. The molecule has 0 spiro atoms. The van der Waals surface area contributed by atoms with Crippen LogP contribution in [-0.2, 0) is 5.54 Å². The van der Waals surface area contributed by atoms with Crippen molar-refractivity contribution < 1.29 is 4.79 Å². The maximum absolute atomic E-state index is 10.6. The molecule has 2 nitrogen and oxygen atoms in total. The van der Waals surface area contributed by atoms with E-state index in [0.29, 0.717) is 0 Å². The third-order valence-electron chi connectivity index (χ3n) is 3.65. The lowest BCUT2D eigenvalue weighted by molar-refractivity contribution is 0.112. The summed E-state index contributed by atoms with van der Waals surface area (Å²) in [5.74, 6) is 0. The van der Waals surface area contributed by atoms with Gasteiger partial charge < -0.3 is 0 Å².